The van der Waals surface area contributed by atoms with Crippen molar-refractivity contribution >= 4 is 33.7 Å². The summed E-state index contributed by atoms with van der Waals surface area (Å²) in [5.41, 5.74) is 5.01. The number of nitrogens with zero attached hydrogens (tertiary/aromatic N) is 1. The fourth-order valence-corrected chi connectivity index (χ4v) is 2.77. The summed E-state index contributed by atoms with van der Waals surface area (Å²) in [6.45, 7) is 7.17. The molecule has 0 aliphatic carbocycles. The van der Waals surface area contributed by atoms with Gasteiger partial charge in [0.1, 0.15) is 6.61 Å². The van der Waals surface area contributed by atoms with Gasteiger partial charge in [0.2, 0.25) is 0 Å². The third kappa shape index (κ3) is 6.11. The van der Waals surface area contributed by atoms with Crippen molar-refractivity contribution in [2.75, 3.05) is 13.2 Å². The Kier molecular flexibility index (Phi) is 7.82. The lowest BCUT2D eigenvalue weighted by Gasteiger charge is -2.13. The van der Waals surface area contributed by atoms with Crippen LogP contribution in [-0.2, 0) is 6.54 Å². The summed E-state index contributed by atoms with van der Waals surface area (Å²) in [5.74, 6) is 1.32. The first-order chi connectivity index (χ1) is 12.1. The van der Waals surface area contributed by atoms with Crippen LogP contribution < -0.4 is 14.9 Å². The molecule has 0 bridgehead atoms. The van der Waals surface area contributed by atoms with Crippen molar-refractivity contribution in [2.45, 2.75) is 13.5 Å². The van der Waals surface area contributed by atoms with Gasteiger partial charge >= 0.3 is 0 Å². The van der Waals surface area contributed by atoms with E-state index in [1.165, 1.54) is 0 Å². The summed E-state index contributed by atoms with van der Waals surface area (Å²) >= 11 is 9.39. The van der Waals surface area contributed by atoms with E-state index < -0.39 is 0 Å². The molecule has 1 N–H and O–H groups in total. The van der Waals surface area contributed by atoms with Gasteiger partial charge in [-0.2, -0.15) is 5.10 Å². The van der Waals surface area contributed by atoms with Crippen molar-refractivity contribution in [3.8, 4) is 11.5 Å². The van der Waals surface area contributed by atoms with Gasteiger partial charge in [-0.1, -0.05) is 36.4 Å². The molecule has 0 saturated carbocycles. The Morgan fingerprint density at radius 2 is 2.00 bits per heavy atom. The first-order valence-corrected chi connectivity index (χ1v) is 9.01. The second-order valence-electron chi connectivity index (χ2n) is 5.08. The Bertz CT molecular complexity index is 733. The van der Waals surface area contributed by atoms with E-state index in [4.69, 9.17) is 21.1 Å². The van der Waals surface area contributed by atoms with E-state index in [1.54, 1.807) is 12.3 Å². The van der Waals surface area contributed by atoms with Crippen molar-refractivity contribution in [1.82, 2.24) is 5.43 Å². The number of rotatable bonds is 9. The third-order valence-electron chi connectivity index (χ3n) is 3.18. The quantitative estimate of drug-likeness (QED) is 0.343. The number of nitrogens with one attached hydrogen (secondary N) is 1. The molecule has 0 aliphatic heterocycles. The highest BCUT2D eigenvalue weighted by Crippen LogP contribution is 2.36. The molecule has 2 aromatic rings. The van der Waals surface area contributed by atoms with Gasteiger partial charge in [0, 0.05) is 5.02 Å². The second-order valence-corrected chi connectivity index (χ2v) is 6.37. The number of ether oxygens (including phenoxy) is 2. The molecule has 0 unspecified atom stereocenters. The zero-order valence-electron chi connectivity index (χ0n) is 14.0. The maximum absolute atomic E-state index is 5.87. The minimum absolute atomic E-state index is 0.411. The normalized spacial score (nSPS) is 10.7. The first kappa shape index (κ1) is 19.3. The van der Waals surface area contributed by atoms with E-state index in [0.717, 1.165) is 20.6 Å². The lowest BCUT2D eigenvalue weighted by Crippen LogP contribution is -2.05. The largest absolute Gasteiger partial charge is 0.490 e. The molecule has 0 heterocycles. The Balaban J connectivity index is 2.05. The molecule has 2 rings (SSSR count). The van der Waals surface area contributed by atoms with Gasteiger partial charge in [-0.25, -0.2) is 0 Å². The minimum Gasteiger partial charge on any atom is -0.490 e. The molecule has 0 atom stereocenters. The molecule has 0 radical (unpaired) electrons. The molecule has 0 fully saturated rings. The van der Waals surface area contributed by atoms with Gasteiger partial charge in [0.25, 0.3) is 0 Å². The molecular weight excluding hydrogens is 404 g/mol. The Labute approximate surface area is 161 Å². The fourth-order valence-electron chi connectivity index (χ4n) is 2.07. The lowest BCUT2D eigenvalue weighted by molar-refractivity contribution is 0.295. The fraction of sp³-hybridized carbons (Fsp3) is 0.211. The summed E-state index contributed by atoms with van der Waals surface area (Å²) < 4.78 is 12.1. The smallest absolute Gasteiger partial charge is 0.175 e. The third-order valence-corrected chi connectivity index (χ3v) is 4.02. The second kappa shape index (κ2) is 10.1. The average molecular weight is 424 g/mol. The van der Waals surface area contributed by atoms with Crippen molar-refractivity contribution in [3.05, 3.63) is 69.7 Å². The molecule has 25 heavy (non-hydrogen) atoms. The van der Waals surface area contributed by atoms with Crippen molar-refractivity contribution < 1.29 is 9.47 Å². The molecule has 6 heteroatoms. The number of halogens is 2. The molecule has 0 saturated heterocycles. The topological polar surface area (TPSA) is 42.8 Å². The van der Waals surface area contributed by atoms with Gasteiger partial charge in [0.15, 0.2) is 11.5 Å². The van der Waals surface area contributed by atoms with Crippen LogP contribution in [-0.4, -0.2) is 19.4 Å². The number of hydrazone groups is 1. The summed E-state index contributed by atoms with van der Waals surface area (Å²) in [5, 5.41) is 4.97. The lowest BCUT2D eigenvalue weighted by atomic mass is 10.2. The van der Waals surface area contributed by atoms with Crippen molar-refractivity contribution in [2.24, 2.45) is 5.10 Å². The van der Waals surface area contributed by atoms with Gasteiger partial charge in [0.05, 0.1) is 23.8 Å². The predicted octanol–water partition coefficient (Wildman–Crippen LogP) is 5.19. The summed E-state index contributed by atoms with van der Waals surface area (Å²) in [4.78, 5) is 0. The molecule has 0 aromatic heterocycles. The van der Waals surface area contributed by atoms with Crippen molar-refractivity contribution in [3.63, 3.8) is 0 Å². The van der Waals surface area contributed by atoms with Crippen LogP contribution in [0.25, 0.3) is 0 Å². The van der Waals surface area contributed by atoms with E-state index in [1.807, 2.05) is 43.3 Å². The maximum Gasteiger partial charge on any atom is 0.175 e. The molecule has 0 amide bonds. The molecule has 0 aliphatic rings. The summed E-state index contributed by atoms with van der Waals surface area (Å²) in [7, 11) is 0. The van der Waals surface area contributed by atoms with Crippen LogP contribution in [0.1, 0.15) is 18.1 Å². The highest BCUT2D eigenvalue weighted by Gasteiger charge is 2.11. The Morgan fingerprint density at radius 3 is 2.68 bits per heavy atom. The zero-order valence-corrected chi connectivity index (χ0v) is 16.3. The van der Waals surface area contributed by atoms with Crippen LogP contribution in [0.3, 0.4) is 0 Å². The molecule has 0 spiro atoms. The average Bonchev–Trinajstić information content (AvgIpc) is 2.60. The summed E-state index contributed by atoms with van der Waals surface area (Å²) in [6, 6.07) is 11.4. The van der Waals surface area contributed by atoms with Crippen LogP contribution >= 0.6 is 27.5 Å². The highest BCUT2D eigenvalue weighted by molar-refractivity contribution is 9.10. The molecule has 4 nitrogen and oxygen atoms in total. The van der Waals surface area contributed by atoms with Crippen LogP contribution in [0.15, 0.2) is 58.6 Å². The van der Waals surface area contributed by atoms with Gasteiger partial charge in [-0.05, 0) is 58.2 Å². The Morgan fingerprint density at radius 1 is 1.24 bits per heavy atom. The number of hydrogen-bond acceptors (Lipinski definition) is 4. The SMILES string of the molecule is C=CCOc1c(Br)cc(/C=N\NCc2ccc(Cl)cc2)cc1OCC. The molecule has 132 valence electrons. The summed E-state index contributed by atoms with van der Waals surface area (Å²) in [6.07, 6.45) is 3.43. The Hall–Kier alpha value is -1.98. The zero-order chi connectivity index (χ0) is 18.1. The monoisotopic (exact) mass is 422 g/mol. The standard InChI is InChI=1S/C19H20BrClN2O2/c1-3-9-25-19-17(20)10-15(11-18(19)24-4-2)13-23-22-12-14-5-7-16(21)8-6-14/h3,5-8,10-11,13,22H,1,4,9,12H2,2H3/b23-13-. The van der Waals surface area contributed by atoms with Crippen LogP contribution in [0.5, 0.6) is 11.5 Å². The van der Waals surface area contributed by atoms with E-state index >= 15 is 0 Å². The number of hydrogen-bond donors (Lipinski definition) is 1. The van der Waals surface area contributed by atoms with Crippen LogP contribution in [0.2, 0.25) is 5.02 Å². The highest BCUT2D eigenvalue weighted by atomic mass is 79.9. The van der Waals surface area contributed by atoms with E-state index in [-0.39, 0.29) is 0 Å². The number of benzene rings is 2. The molecule has 2 aromatic carbocycles. The van der Waals surface area contributed by atoms with E-state index in [9.17, 15) is 0 Å². The van der Waals surface area contributed by atoms with Gasteiger partial charge in [-0.3, -0.25) is 0 Å². The first-order valence-electron chi connectivity index (χ1n) is 7.84. The van der Waals surface area contributed by atoms with Crippen LogP contribution in [0, 0.1) is 0 Å². The predicted molar refractivity (Wildman–Crippen MR) is 107 cm³/mol. The maximum atomic E-state index is 5.87. The van der Waals surface area contributed by atoms with E-state index in [0.29, 0.717) is 31.3 Å². The van der Waals surface area contributed by atoms with Gasteiger partial charge < -0.3 is 14.9 Å². The van der Waals surface area contributed by atoms with Crippen molar-refractivity contribution in [1.29, 1.82) is 0 Å². The van der Waals surface area contributed by atoms with Gasteiger partial charge in [-0.15, -0.1) is 0 Å². The molecular formula is C19H20BrClN2O2. The minimum atomic E-state index is 0.411. The van der Waals surface area contributed by atoms with E-state index in [2.05, 4.69) is 33.0 Å². The van der Waals surface area contributed by atoms with Crippen LogP contribution in [0.4, 0.5) is 0 Å².